The number of ether oxygens (including phenoxy) is 1. The number of nitrogens with zero attached hydrogens (tertiary/aromatic N) is 1. The number of carbonyl (C=O) groups is 1. The van der Waals surface area contributed by atoms with Crippen LogP contribution in [0, 0.1) is 0 Å². The lowest BCUT2D eigenvalue weighted by Crippen LogP contribution is -2.49. The van der Waals surface area contributed by atoms with Crippen LogP contribution in [0.5, 0.6) is 0 Å². The van der Waals surface area contributed by atoms with E-state index in [4.69, 9.17) is 4.74 Å². The zero-order chi connectivity index (χ0) is 17.1. The molecule has 0 aliphatic carbocycles. The lowest BCUT2D eigenvalue weighted by Gasteiger charge is -2.35. The number of benzene rings is 2. The molecule has 2 aromatic rings. The van der Waals surface area contributed by atoms with Crippen molar-refractivity contribution >= 4 is 22.8 Å². The van der Waals surface area contributed by atoms with Crippen LogP contribution in [0.1, 0.15) is 18.4 Å². The minimum absolute atomic E-state index is 0.0694. The maximum atomic E-state index is 12.2. The Morgan fingerprint density at radius 2 is 2.12 bits per heavy atom. The highest BCUT2D eigenvalue weighted by Crippen LogP contribution is 2.22. The van der Waals surface area contributed by atoms with Crippen molar-refractivity contribution in [3.8, 4) is 0 Å². The standard InChI is InChI=1S/C21H24N2O2/c24-21(22-13-19-14-23-12-4-8-18(23)15-25-19)11-10-17-7-3-6-16-5-1-2-9-20(16)17/h1-3,5-7,9-11,18-19H,4,8,12-15H2,(H,22,24)/b11-10+/t18-,19+/m0/s1. The van der Waals surface area contributed by atoms with Crippen molar-refractivity contribution in [3.63, 3.8) is 0 Å². The Bertz CT molecular complexity index is 781. The lowest BCUT2D eigenvalue weighted by atomic mass is 10.0. The normalized spacial score (nSPS) is 23.8. The molecule has 2 fully saturated rings. The summed E-state index contributed by atoms with van der Waals surface area (Å²) < 4.78 is 5.88. The molecule has 130 valence electrons. The highest BCUT2D eigenvalue weighted by atomic mass is 16.5. The van der Waals surface area contributed by atoms with Gasteiger partial charge in [-0.05, 0) is 41.8 Å². The Hall–Kier alpha value is -2.17. The Morgan fingerprint density at radius 3 is 3.08 bits per heavy atom. The third-order valence-corrected chi connectivity index (χ3v) is 5.20. The molecule has 0 aromatic heterocycles. The largest absolute Gasteiger partial charge is 0.373 e. The van der Waals surface area contributed by atoms with E-state index in [1.165, 1.54) is 24.8 Å². The number of hydrogen-bond donors (Lipinski definition) is 1. The van der Waals surface area contributed by atoms with Gasteiger partial charge >= 0.3 is 0 Å². The minimum atomic E-state index is -0.0694. The van der Waals surface area contributed by atoms with Crippen LogP contribution >= 0.6 is 0 Å². The Kier molecular flexibility index (Phi) is 4.81. The molecule has 0 saturated carbocycles. The quantitative estimate of drug-likeness (QED) is 0.873. The fraction of sp³-hybridized carbons (Fsp3) is 0.381. The van der Waals surface area contributed by atoms with Gasteiger partial charge in [-0.3, -0.25) is 9.69 Å². The van der Waals surface area contributed by atoms with Crippen molar-refractivity contribution in [2.45, 2.75) is 25.0 Å². The topological polar surface area (TPSA) is 41.6 Å². The molecule has 2 heterocycles. The number of hydrogen-bond acceptors (Lipinski definition) is 3. The average Bonchev–Trinajstić information content (AvgIpc) is 3.12. The van der Waals surface area contributed by atoms with Crippen LogP contribution in [-0.2, 0) is 9.53 Å². The van der Waals surface area contributed by atoms with Crippen molar-refractivity contribution in [2.24, 2.45) is 0 Å². The summed E-state index contributed by atoms with van der Waals surface area (Å²) in [7, 11) is 0. The van der Waals surface area contributed by atoms with Gasteiger partial charge in [-0.15, -0.1) is 0 Å². The zero-order valence-electron chi connectivity index (χ0n) is 14.4. The van der Waals surface area contributed by atoms with Crippen LogP contribution in [0.15, 0.2) is 48.5 Å². The number of morpholine rings is 1. The number of amides is 1. The highest BCUT2D eigenvalue weighted by Gasteiger charge is 2.32. The fourth-order valence-corrected chi connectivity index (χ4v) is 3.84. The van der Waals surface area contributed by atoms with Crippen LogP contribution in [0.2, 0.25) is 0 Å². The van der Waals surface area contributed by atoms with E-state index in [2.05, 4.69) is 28.4 Å². The van der Waals surface area contributed by atoms with E-state index >= 15 is 0 Å². The van der Waals surface area contributed by atoms with Crippen molar-refractivity contribution in [1.29, 1.82) is 0 Å². The second-order valence-electron chi connectivity index (χ2n) is 6.89. The number of carbonyl (C=O) groups excluding carboxylic acids is 1. The summed E-state index contributed by atoms with van der Waals surface area (Å²) in [5.41, 5.74) is 1.06. The van der Waals surface area contributed by atoms with Gasteiger partial charge in [0.05, 0.1) is 12.7 Å². The van der Waals surface area contributed by atoms with E-state index in [1.54, 1.807) is 6.08 Å². The van der Waals surface area contributed by atoms with E-state index in [1.807, 2.05) is 30.3 Å². The number of fused-ring (bicyclic) bond motifs is 2. The van der Waals surface area contributed by atoms with Crippen molar-refractivity contribution in [1.82, 2.24) is 10.2 Å². The smallest absolute Gasteiger partial charge is 0.244 e. The SMILES string of the molecule is O=C(/C=C/c1cccc2ccccc12)NC[C@@H]1CN2CCC[C@H]2CO1. The van der Waals surface area contributed by atoms with Crippen LogP contribution < -0.4 is 5.32 Å². The van der Waals surface area contributed by atoms with Gasteiger partial charge in [0.15, 0.2) is 0 Å². The minimum Gasteiger partial charge on any atom is -0.373 e. The molecular weight excluding hydrogens is 312 g/mol. The van der Waals surface area contributed by atoms with E-state index in [0.29, 0.717) is 12.6 Å². The molecule has 2 atom stereocenters. The van der Waals surface area contributed by atoms with Crippen LogP contribution in [0.3, 0.4) is 0 Å². The lowest BCUT2D eigenvalue weighted by molar-refractivity contribution is -0.117. The molecule has 0 spiro atoms. The van der Waals surface area contributed by atoms with Crippen molar-refractivity contribution in [2.75, 3.05) is 26.2 Å². The first kappa shape index (κ1) is 16.3. The molecule has 1 N–H and O–H groups in total. The molecule has 2 aliphatic heterocycles. The number of rotatable bonds is 4. The molecule has 0 radical (unpaired) electrons. The Balaban J connectivity index is 1.33. The van der Waals surface area contributed by atoms with Gasteiger partial charge in [0.2, 0.25) is 5.91 Å². The van der Waals surface area contributed by atoms with Gasteiger partial charge in [0.1, 0.15) is 0 Å². The van der Waals surface area contributed by atoms with Gasteiger partial charge in [0.25, 0.3) is 0 Å². The van der Waals surface area contributed by atoms with Crippen molar-refractivity contribution in [3.05, 3.63) is 54.1 Å². The molecule has 4 heteroatoms. The third kappa shape index (κ3) is 3.75. The Morgan fingerprint density at radius 1 is 1.24 bits per heavy atom. The molecule has 0 unspecified atom stereocenters. The fourth-order valence-electron chi connectivity index (χ4n) is 3.84. The summed E-state index contributed by atoms with van der Waals surface area (Å²) in [5, 5.41) is 5.31. The number of nitrogens with one attached hydrogen (secondary N) is 1. The molecule has 25 heavy (non-hydrogen) atoms. The van der Waals surface area contributed by atoms with E-state index in [9.17, 15) is 4.79 Å². The van der Waals surface area contributed by atoms with Gasteiger partial charge in [-0.2, -0.15) is 0 Å². The summed E-state index contributed by atoms with van der Waals surface area (Å²) in [6.45, 7) is 3.46. The average molecular weight is 336 g/mol. The molecule has 2 aliphatic rings. The second-order valence-corrected chi connectivity index (χ2v) is 6.89. The second kappa shape index (κ2) is 7.38. The maximum Gasteiger partial charge on any atom is 0.244 e. The Labute approximate surface area is 148 Å². The van der Waals surface area contributed by atoms with Crippen LogP contribution in [0.25, 0.3) is 16.8 Å². The van der Waals surface area contributed by atoms with E-state index in [-0.39, 0.29) is 12.0 Å². The maximum absolute atomic E-state index is 12.2. The first-order valence-electron chi connectivity index (χ1n) is 9.09. The van der Waals surface area contributed by atoms with Gasteiger partial charge in [-0.1, -0.05) is 42.5 Å². The summed E-state index contributed by atoms with van der Waals surface area (Å²) >= 11 is 0. The monoisotopic (exact) mass is 336 g/mol. The summed E-state index contributed by atoms with van der Waals surface area (Å²) in [4.78, 5) is 14.6. The summed E-state index contributed by atoms with van der Waals surface area (Å²) in [6.07, 6.45) is 6.11. The predicted octanol–water partition coefficient (Wildman–Crippen LogP) is 2.83. The van der Waals surface area contributed by atoms with Crippen molar-refractivity contribution < 1.29 is 9.53 Å². The first-order valence-corrected chi connectivity index (χ1v) is 9.09. The van der Waals surface area contributed by atoms with Gasteiger partial charge in [-0.25, -0.2) is 0 Å². The molecular formula is C21H24N2O2. The van der Waals surface area contributed by atoms with Crippen LogP contribution in [-0.4, -0.2) is 49.2 Å². The van der Waals surface area contributed by atoms with Gasteiger partial charge in [0, 0.05) is 25.2 Å². The summed E-state index contributed by atoms with van der Waals surface area (Å²) in [5.74, 6) is -0.0694. The third-order valence-electron chi connectivity index (χ3n) is 5.20. The first-order chi connectivity index (χ1) is 12.3. The van der Waals surface area contributed by atoms with Crippen LogP contribution in [0.4, 0.5) is 0 Å². The predicted molar refractivity (Wildman–Crippen MR) is 100 cm³/mol. The van der Waals surface area contributed by atoms with E-state index < -0.39 is 0 Å². The van der Waals surface area contributed by atoms with E-state index in [0.717, 1.165) is 24.1 Å². The molecule has 2 aromatic carbocycles. The molecule has 4 nitrogen and oxygen atoms in total. The van der Waals surface area contributed by atoms with Gasteiger partial charge < -0.3 is 10.1 Å². The zero-order valence-corrected chi connectivity index (χ0v) is 14.4. The molecule has 2 saturated heterocycles. The highest BCUT2D eigenvalue weighted by molar-refractivity contribution is 5.96. The molecule has 1 amide bonds. The molecule has 0 bridgehead atoms. The summed E-state index contributed by atoms with van der Waals surface area (Å²) in [6, 6.07) is 14.9. The molecule has 4 rings (SSSR count).